The van der Waals surface area contributed by atoms with Crippen molar-refractivity contribution in [3.63, 3.8) is 0 Å². The van der Waals surface area contributed by atoms with Crippen LogP contribution in [0.2, 0.25) is 5.02 Å². The first-order valence-corrected chi connectivity index (χ1v) is 10.5. The summed E-state index contributed by atoms with van der Waals surface area (Å²) >= 11 is 6.48. The van der Waals surface area contributed by atoms with Crippen molar-refractivity contribution < 1.29 is 23.8 Å². The number of aliphatic hydroxyl groups excluding tert-OH is 2. The van der Waals surface area contributed by atoms with Crippen LogP contribution in [0.25, 0.3) is 22.5 Å². The predicted molar refractivity (Wildman–Crippen MR) is 119 cm³/mol. The Bertz CT molecular complexity index is 1280. The van der Waals surface area contributed by atoms with Crippen LogP contribution in [0, 0.1) is 11.6 Å². The van der Waals surface area contributed by atoms with Crippen LogP contribution in [-0.4, -0.2) is 22.7 Å². The fourth-order valence-electron chi connectivity index (χ4n) is 4.17. The highest BCUT2D eigenvalue weighted by Gasteiger charge is 2.43. The molecule has 3 aromatic carbocycles. The molecular weight excluding hydrogens is 436 g/mol. The second-order valence-corrected chi connectivity index (χ2v) is 8.64. The summed E-state index contributed by atoms with van der Waals surface area (Å²) in [6, 6.07) is 13.6. The number of rotatable bonds is 4. The van der Waals surface area contributed by atoms with Crippen LogP contribution in [0.3, 0.4) is 0 Å². The molecule has 3 N–H and O–H groups in total. The third-order valence-electron chi connectivity index (χ3n) is 6.19. The van der Waals surface area contributed by atoms with Crippen molar-refractivity contribution in [1.29, 1.82) is 0 Å². The number of carbonyl (C=O) groups excluding carboxylic acids is 1. The lowest BCUT2D eigenvalue weighted by molar-refractivity contribution is -0.110. The van der Waals surface area contributed by atoms with Crippen LogP contribution in [-0.2, 0) is 10.2 Å². The molecular formula is C25H18ClF2NO3. The average molecular weight is 454 g/mol. The molecule has 1 heterocycles. The first-order chi connectivity index (χ1) is 15.3. The topological polar surface area (TPSA) is 69.6 Å². The van der Waals surface area contributed by atoms with Gasteiger partial charge in [-0.1, -0.05) is 35.9 Å². The summed E-state index contributed by atoms with van der Waals surface area (Å²) in [5.41, 5.74) is 2.90. The Kier molecular flexibility index (Phi) is 4.80. The molecule has 162 valence electrons. The van der Waals surface area contributed by atoms with Gasteiger partial charge in [-0.3, -0.25) is 4.79 Å². The number of halogens is 3. The van der Waals surface area contributed by atoms with Crippen molar-refractivity contribution in [2.45, 2.75) is 18.3 Å². The Morgan fingerprint density at radius 2 is 1.66 bits per heavy atom. The van der Waals surface area contributed by atoms with Crippen molar-refractivity contribution in [3.05, 3.63) is 87.9 Å². The summed E-state index contributed by atoms with van der Waals surface area (Å²) in [7, 11) is 0. The quantitative estimate of drug-likeness (QED) is 0.351. The third-order valence-corrected chi connectivity index (χ3v) is 6.50. The maximum atomic E-state index is 13.6. The fraction of sp³-hybridized carbons (Fsp3) is 0.160. The number of aliphatic hydroxyl groups is 2. The predicted octanol–water partition coefficient (Wildman–Crippen LogP) is 5.69. The van der Waals surface area contributed by atoms with Crippen molar-refractivity contribution in [1.82, 2.24) is 0 Å². The Morgan fingerprint density at radius 1 is 1.00 bits per heavy atom. The standard InChI is InChI=1S/C25H18ClF2NO3/c26-20-11-21-19(10-18(20)13-1-3-15(4-2-13)25(12-30)5-6-25)22(24(32)29-21)23(31)14-7-16(27)9-17(28)8-14/h1-4,7-11,30-31H,5-6,12H2,(H,29,32). The summed E-state index contributed by atoms with van der Waals surface area (Å²) in [5.74, 6) is -2.84. The summed E-state index contributed by atoms with van der Waals surface area (Å²) in [4.78, 5) is 12.6. The first-order valence-electron chi connectivity index (χ1n) is 10.1. The summed E-state index contributed by atoms with van der Waals surface area (Å²) in [6.07, 6.45) is 1.90. The van der Waals surface area contributed by atoms with E-state index in [1.165, 1.54) is 0 Å². The van der Waals surface area contributed by atoms with Gasteiger partial charge < -0.3 is 15.5 Å². The number of benzene rings is 3. The van der Waals surface area contributed by atoms with Gasteiger partial charge in [-0.2, -0.15) is 0 Å². The zero-order valence-electron chi connectivity index (χ0n) is 16.8. The molecule has 0 bridgehead atoms. The smallest absolute Gasteiger partial charge is 0.260 e. The van der Waals surface area contributed by atoms with Gasteiger partial charge in [0.2, 0.25) is 0 Å². The lowest BCUT2D eigenvalue weighted by Gasteiger charge is -2.14. The molecule has 3 aromatic rings. The van der Waals surface area contributed by atoms with E-state index in [1.807, 2.05) is 24.3 Å². The third kappa shape index (κ3) is 3.36. The molecule has 0 spiro atoms. The van der Waals surface area contributed by atoms with Crippen molar-refractivity contribution in [2.24, 2.45) is 0 Å². The monoisotopic (exact) mass is 453 g/mol. The van der Waals surface area contributed by atoms with E-state index in [0.29, 0.717) is 27.9 Å². The minimum Gasteiger partial charge on any atom is -0.506 e. The molecule has 7 heteroatoms. The normalized spacial score (nSPS) is 17.7. The average Bonchev–Trinajstić information content (AvgIpc) is 3.49. The lowest BCUT2D eigenvalue weighted by atomic mass is 9.93. The number of anilines is 1. The van der Waals surface area contributed by atoms with E-state index in [0.717, 1.165) is 36.1 Å². The second kappa shape index (κ2) is 7.43. The van der Waals surface area contributed by atoms with Gasteiger partial charge >= 0.3 is 0 Å². The van der Waals surface area contributed by atoms with Gasteiger partial charge in [0, 0.05) is 28.2 Å². The van der Waals surface area contributed by atoms with Crippen LogP contribution in [0.5, 0.6) is 0 Å². The van der Waals surface area contributed by atoms with Crippen LogP contribution in [0.15, 0.2) is 54.6 Å². The SMILES string of the molecule is O=C1Nc2cc(Cl)c(-c3ccc(C4(CO)CC4)cc3)cc2C1=C(O)c1cc(F)cc(F)c1. The Hall–Kier alpha value is -3.22. The van der Waals surface area contributed by atoms with Gasteiger partial charge in [-0.15, -0.1) is 0 Å². The minimum atomic E-state index is -0.862. The minimum absolute atomic E-state index is 0.0863. The zero-order chi connectivity index (χ0) is 22.6. The molecule has 1 fully saturated rings. The maximum Gasteiger partial charge on any atom is 0.260 e. The molecule has 2 aliphatic rings. The number of amides is 1. The Balaban J connectivity index is 1.60. The largest absolute Gasteiger partial charge is 0.506 e. The summed E-state index contributed by atoms with van der Waals surface area (Å²) in [6.45, 7) is 0.105. The highest BCUT2D eigenvalue weighted by Crippen LogP contribution is 2.48. The highest BCUT2D eigenvalue weighted by atomic mass is 35.5. The van der Waals surface area contributed by atoms with E-state index in [-0.39, 0.29) is 23.2 Å². The van der Waals surface area contributed by atoms with Gasteiger partial charge in [0.15, 0.2) is 0 Å². The molecule has 0 radical (unpaired) electrons. The number of carbonyl (C=O) groups is 1. The van der Waals surface area contributed by atoms with Crippen molar-refractivity contribution in [2.75, 3.05) is 11.9 Å². The Morgan fingerprint density at radius 3 is 2.25 bits per heavy atom. The number of fused-ring (bicyclic) bond motifs is 1. The van der Waals surface area contributed by atoms with Gasteiger partial charge in [0.05, 0.1) is 22.9 Å². The van der Waals surface area contributed by atoms with Gasteiger partial charge in [0.1, 0.15) is 17.4 Å². The number of nitrogens with one attached hydrogen (secondary N) is 1. The molecule has 32 heavy (non-hydrogen) atoms. The molecule has 1 amide bonds. The molecule has 1 aliphatic carbocycles. The second-order valence-electron chi connectivity index (χ2n) is 8.23. The molecule has 4 nitrogen and oxygen atoms in total. The summed E-state index contributed by atoms with van der Waals surface area (Å²) in [5, 5.41) is 23.4. The molecule has 0 atom stereocenters. The fourth-order valence-corrected chi connectivity index (χ4v) is 4.45. The summed E-state index contributed by atoms with van der Waals surface area (Å²) < 4.78 is 27.3. The van der Waals surface area contributed by atoms with Crippen LogP contribution in [0.4, 0.5) is 14.5 Å². The molecule has 0 unspecified atom stereocenters. The van der Waals surface area contributed by atoms with Crippen molar-refractivity contribution >= 4 is 34.5 Å². The molecule has 1 saturated carbocycles. The van der Waals surface area contributed by atoms with Crippen LogP contribution >= 0.6 is 11.6 Å². The molecule has 0 aromatic heterocycles. The van der Waals surface area contributed by atoms with Crippen molar-refractivity contribution in [3.8, 4) is 11.1 Å². The van der Waals surface area contributed by atoms with E-state index in [2.05, 4.69) is 5.32 Å². The Labute approximate surface area is 187 Å². The van der Waals surface area contributed by atoms with E-state index >= 15 is 0 Å². The number of hydrogen-bond acceptors (Lipinski definition) is 3. The molecule has 5 rings (SSSR count). The van der Waals surface area contributed by atoms with Crippen LogP contribution in [0.1, 0.15) is 29.5 Å². The van der Waals surface area contributed by atoms with Gasteiger partial charge in [-0.25, -0.2) is 8.78 Å². The van der Waals surface area contributed by atoms with E-state index in [4.69, 9.17) is 11.6 Å². The molecule has 0 saturated heterocycles. The van der Waals surface area contributed by atoms with E-state index < -0.39 is 23.3 Å². The highest BCUT2D eigenvalue weighted by molar-refractivity contribution is 6.38. The van der Waals surface area contributed by atoms with Gasteiger partial charge in [0.25, 0.3) is 5.91 Å². The van der Waals surface area contributed by atoms with Crippen LogP contribution < -0.4 is 5.32 Å². The lowest BCUT2D eigenvalue weighted by Crippen LogP contribution is -2.11. The maximum absolute atomic E-state index is 13.6. The molecule has 1 aliphatic heterocycles. The first kappa shape index (κ1) is 20.7. The number of hydrogen-bond donors (Lipinski definition) is 3. The van der Waals surface area contributed by atoms with E-state index in [9.17, 15) is 23.8 Å². The van der Waals surface area contributed by atoms with Gasteiger partial charge in [-0.05, 0) is 48.2 Å². The van der Waals surface area contributed by atoms with E-state index in [1.54, 1.807) is 12.1 Å². The zero-order valence-corrected chi connectivity index (χ0v) is 17.5.